The third-order valence-electron chi connectivity index (χ3n) is 5.70. The molecule has 9 heteroatoms. The molecule has 3 rings (SSSR count). The van der Waals surface area contributed by atoms with E-state index in [0.29, 0.717) is 24.9 Å². The first-order valence-electron chi connectivity index (χ1n) is 12.2. The number of hydrogen-bond donors (Lipinski definition) is 3. The number of methoxy groups -OCH3 is 2. The van der Waals surface area contributed by atoms with E-state index >= 15 is 0 Å². The van der Waals surface area contributed by atoms with E-state index in [1.54, 1.807) is 38.8 Å². The molecule has 3 aromatic carbocycles. The minimum absolute atomic E-state index is 0.168. The van der Waals surface area contributed by atoms with Gasteiger partial charge < -0.3 is 14.8 Å². The van der Waals surface area contributed by atoms with Gasteiger partial charge in [-0.05, 0) is 78.9 Å². The summed E-state index contributed by atoms with van der Waals surface area (Å²) in [6, 6.07) is 18.4. The minimum atomic E-state index is -0.312. The summed E-state index contributed by atoms with van der Waals surface area (Å²) in [6.45, 7) is 4.52. The fourth-order valence-electron chi connectivity index (χ4n) is 3.52. The Hall–Kier alpha value is -4.66. The van der Waals surface area contributed by atoms with E-state index in [2.05, 4.69) is 26.4 Å². The largest absolute Gasteiger partial charge is 0.496 e. The molecule has 0 saturated carbocycles. The van der Waals surface area contributed by atoms with Crippen LogP contribution in [0, 0.1) is 13.8 Å². The molecule has 3 aromatic rings. The summed E-state index contributed by atoms with van der Waals surface area (Å²) in [5, 5.41) is 11.3. The van der Waals surface area contributed by atoms with Gasteiger partial charge in [-0.25, -0.2) is 10.9 Å². The summed E-state index contributed by atoms with van der Waals surface area (Å²) in [6.07, 6.45) is 4.10. The maximum Gasteiger partial charge on any atom is 0.271 e. The molecule has 0 spiro atoms. The lowest BCUT2D eigenvalue weighted by Crippen LogP contribution is -2.18. The van der Waals surface area contributed by atoms with Crippen molar-refractivity contribution in [3.63, 3.8) is 0 Å². The molecule has 0 heterocycles. The van der Waals surface area contributed by atoms with Gasteiger partial charge in [0, 0.05) is 24.2 Å². The maximum atomic E-state index is 12.4. The van der Waals surface area contributed by atoms with Crippen molar-refractivity contribution >= 4 is 29.9 Å². The summed E-state index contributed by atoms with van der Waals surface area (Å²) in [7, 11) is 3.23. The van der Waals surface area contributed by atoms with E-state index in [9.17, 15) is 9.59 Å². The molecule has 0 atom stereocenters. The Morgan fingerprint density at radius 1 is 0.789 bits per heavy atom. The number of hydrogen-bond acceptors (Lipinski definition) is 7. The van der Waals surface area contributed by atoms with Gasteiger partial charge in [-0.3, -0.25) is 9.59 Å². The number of hydrazone groups is 2. The van der Waals surface area contributed by atoms with Gasteiger partial charge in [-0.1, -0.05) is 24.3 Å². The van der Waals surface area contributed by atoms with E-state index in [0.717, 1.165) is 39.4 Å². The second kappa shape index (κ2) is 14.2. The molecule has 0 saturated heterocycles. The molecule has 9 nitrogen and oxygen atoms in total. The Balaban J connectivity index is 1.37. The number of nitrogens with zero attached hydrogens (tertiary/aromatic N) is 2. The molecule has 0 aromatic heterocycles. The fourth-order valence-corrected chi connectivity index (χ4v) is 3.52. The number of nitrogens with one attached hydrogen (secondary N) is 3. The highest BCUT2D eigenvalue weighted by atomic mass is 16.5. The molecular weight excluding hydrogens is 482 g/mol. The summed E-state index contributed by atoms with van der Waals surface area (Å²) in [5.41, 5.74) is 10.1. The number of ether oxygens (including phenoxy) is 2. The van der Waals surface area contributed by atoms with Gasteiger partial charge in [0.05, 0.1) is 26.6 Å². The van der Waals surface area contributed by atoms with Gasteiger partial charge in [0.2, 0.25) is 5.91 Å². The van der Waals surface area contributed by atoms with E-state index in [4.69, 9.17) is 9.47 Å². The van der Waals surface area contributed by atoms with Crippen LogP contribution in [0.1, 0.15) is 45.5 Å². The molecule has 0 radical (unpaired) electrons. The third kappa shape index (κ3) is 8.48. The minimum Gasteiger partial charge on any atom is -0.496 e. The van der Waals surface area contributed by atoms with Crippen molar-refractivity contribution in [3.8, 4) is 11.5 Å². The average molecular weight is 516 g/mol. The normalized spacial score (nSPS) is 10.9. The molecular formula is C29H33N5O4. The van der Waals surface area contributed by atoms with Crippen LogP contribution in [0.5, 0.6) is 11.5 Å². The molecule has 0 unspecified atom stereocenters. The van der Waals surface area contributed by atoms with Crippen molar-refractivity contribution in [2.45, 2.75) is 26.7 Å². The zero-order valence-corrected chi connectivity index (χ0v) is 22.1. The number of anilines is 1. The van der Waals surface area contributed by atoms with E-state index < -0.39 is 0 Å². The third-order valence-corrected chi connectivity index (χ3v) is 5.70. The highest BCUT2D eigenvalue weighted by Crippen LogP contribution is 2.18. The molecule has 38 heavy (non-hydrogen) atoms. The standard InChI is InChI=1S/C29H33N5O4/c1-20-7-9-22(16-26(20)37-3)18-31-33-28(35)6-5-15-30-25-13-11-24(12-14-25)29(36)34-32-19-23-10-8-21(2)27(17-23)38-4/h7-14,16-19,30H,5-6,15H2,1-4H3,(H,33,35)(H,34,36)/b31-18+,32-19+. The number of amides is 2. The lowest BCUT2D eigenvalue weighted by atomic mass is 10.1. The van der Waals surface area contributed by atoms with E-state index in [-0.39, 0.29) is 11.8 Å². The first-order chi connectivity index (χ1) is 18.4. The van der Waals surface area contributed by atoms with Gasteiger partial charge in [0.15, 0.2) is 0 Å². The first-order valence-corrected chi connectivity index (χ1v) is 12.2. The van der Waals surface area contributed by atoms with Crippen LogP contribution < -0.4 is 25.6 Å². The predicted octanol–water partition coefficient (Wildman–Crippen LogP) is 4.43. The van der Waals surface area contributed by atoms with Crippen LogP contribution in [0.4, 0.5) is 5.69 Å². The molecule has 0 aliphatic heterocycles. The summed E-state index contributed by atoms with van der Waals surface area (Å²) < 4.78 is 10.6. The molecule has 0 fully saturated rings. The molecule has 3 N–H and O–H groups in total. The Kier molecular flexibility index (Phi) is 10.4. The maximum absolute atomic E-state index is 12.4. The summed E-state index contributed by atoms with van der Waals surface area (Å²) in [5.74, 6) is 1.05. The van der Waals surface area contributed by atoms with Crippen LogP contribution in [0.15, 0.2) is 70.9 Å². The van der Waals surface area contributed by atoms with Gasteiger partial charge in [-0.15, -0.1) is 0 Å². The topological polar surface area (TPSA) is 113 Å². The van der Waals surface area contributed by atoms with Crippen molar-refractivity contribution in [1.29, 1.82) is 0 Å². The van der Waals surface area contributed by atoms with Crippen molar-refractivity contribution in [2.75, 3.05) is 26.1 Å². The number of carbonyl (C=O) groups excluding carboxylic acids is 2. The Labute approximate surface area is 222 Å². The first kappa shape index (κ1) is 27.9. The Bertz CT molecular complexity index is 1300. The van der Waals surface area contributed by atoms with Crippen LogP contribution in [0.25, 0.3) is 0 Å². The average Bonchev–Trinajstić information content (AvgIpc) is 2.93. The van der Waals surface area contributed by atoms with Crippen LogP contribution >= 0.6 is 0 Å². The van der Waals surface area contributed by atoms with Crippen molar-refractivity contribution in [3.05, 3.63) is 88.5 Å². The van der Waals surface area contributed by atoms with Crippen molar-refractivity contribution in [2.24, 2.45) is 10.2 Å². The highest BCUT2D eigenvalue weighted by Gasteiger charge is 2.05. The smallest absolute Gasteiger partial charge is 0.271 e. The zero-order valence-electron chi connectivity index (χ0n) is 22.1. The van der Waals surface area contributed by atoms with E-state index in [1.165, 1.54) is 0 Å². The van der Waals surface area contributed by atoms with Gasteiger partial charge in [0.1, 0.15) is 11.5 Å². The Morgan fingerprint density at radius 2 is 1.34 bits per heavy atom. The molecule has 0 aliphatic rings. The van der Waals surface area contributed by atoms with Crippen LogP contribution in [0.2, 0.25) is 0 Å². The van der Waals surface area contributed by atoms with Crippen LogP contribution in [0.3, 0.4) is 0 Å². The molecule has 198 valence electrons. The SMILES string of the molecule is COc1cc(/C=N/NC(=O)CCCNc2ccc(C(=O)N/N=C/c3ccc(C)c(OC)c3)cc2)ccc1C. The second-order valence-corrected chi connectivity index (χ2v) is 8.56. The number of carbonyl (C=O) groups is 2. The van der Waals surface area contributed by atoms with Crippen molar-refractivity contribution < 1.29 is 19.1 Å². The quantitative estimate of drug-likeness (QED) is 0.188. The lowest BCUT2D eigenvalue weighted by Gasteiger charge is -2.07. The number of benzene rings is 3. The monoisotopic (exact) mass is 515 g/mol. The van der Waals surface area contributed by atoms with Gasteiger partial charge in [-0.2, -0.15) is 10.2 Å². The Morgan fingerprint density at radius 3 is 1.89 bits per heavy atom. The van der Waals surface area contributed by atoms with Gasteiger partial charge in [0.25, 0.3) is 5.91 Å². The van der Waals surface area contributed by atoms with Crippen LogP contribution in [-0.4, -0.2) is 45.0 Å². The molecule has 0 bridgehead atoms. The number of rotatable bonds is 12. The fraction of sp³-hybridized carbons (Fsp3) is 0.241. The molecule has 0 aliphatic carbocycles. The molecule has 2 amide bonds. The highest BCUT2D eigenvalue weighted by molar-refractivity contribution is 5.95. The number of aryl methyl sites for hydroxylation is 2. The predicted molar refractivity (Wildman–Crippen MR) is 150 cm³/mol. The van der Waals surface area contributed by atoms with E-state index in [1.807, 2.05) is 62.4 Å². The summed E-state index contributed by atoms with van der Waals surface area (Å²) >= 11 is 0. The lowest BCUT2D eigenvalue weighted by molar-refractivity contribution is -0.121. The van der Waals surface area contributed by atoms with Crippen molar-refractivity contribution in [1.82, 2.24) is 10.9 Å². The summed E-state index contributed by atoms with van der Waals surface area (Å²) in [4.78, 5) is 24.4. The van der Waals surface area contributed by atoms with Crippen LogP contribution in [-0.2, 0) is 4.79 Å². The zero-order chi connectivity index (χ0) is 27.3. The second-order valence-electron chi connectivity index (χ2n) is 8.56. The van der Waals surface area contributed by atoms with Gasteiger partial charge >= 0.3 is 0 Å².